The smallest absolute Gasteiger partial charge is 0.340 e. The molecule has 0 saturated heterocycles. The molecule has 1 aromatic rings. The highest BCUT2D eigenvalue weighted by Gasteiger charge is 2.37. The minimum Gasteiger partial charge on any atom is -0.478 e. The van der Waals surface area contributed by atoms with E-state index in [9.17, 15) is 18.3 Å². The molecule has 21 heavy (non-hydrogen) atoms. The van der Waals surface area contributed by atoms with Crippen LogP contribution in [0.25, 0.3) is 0 Å². The molecule has 0 atom stereocenters. The number of nitrogens with zero attached hydrogens (tertiary/aromatic N) is 1. The van der Waals surface area contributed by atoms with Crippen LogP contribution in [0.5, 0.6) is 0 Å². The van der Waals surface area contributed by atoms with Crippen LogP contribution in [-0.4, -0.2) is 36.9 Å². The number of carboxylic acids is 1. The normalized spacial score (nSPS) is 15.6. The van der Waals surface area contributed by atoms with Crippen molar-refractivity contribution >= 4 is 16.0 Å². The molecule has 1 N–H and O–H groups in total. The Morgan fingerprint density at radius 2 is 1.95 bits per heavy atom. The molecule has 7 heteroatoms. The number of carbonyl (C=O) groups is 1. The molecule has 1 saturated carbocycles. The van der Waals surface area contributed by atoms with Gasteiger partial charge in [-0.2, -0.15) is 4.31 Å². The molecule has 2 rings (SSSR count). The molecule has 1 fully saturated rings. The molecule has 1 aliphatic rings. The number of furan rings is 1. The van der Waals surface area contributed by atoms with Crippen LogP contribution in [0.3, 0.4) is 0 Å². The molecule has 118 valence electrons. The summed E-state index contributed by atoms with van der Waals surface area (Å²) < 4.78 is 32.3. The van der Waals surface area contributed by atoms with Crippen molar-refractivity contribution in [3.05, 3.63) is 17.1 Å². The average molecular weight is 315 g/mol. The standard InChI is InChI=1S/C14H21NO5S/c1-4-7-15(8-11-5-6-11)21(18,19)13-10(3)20-9(2)12(13)14(16)17/h11H,4-8H2,1-3H3,(H,16,17). The van der Waals surface area contributed by atoms with Crippen molar-refractivity contribution in [2.24, 2.45) is 5.92 Å². The summed E-state index contributed by atoms with van der Waals surface area (Å²) in [4.78, 5) is 11.2. The zero-order chi connectivity index (χ0) is 15.8. The van der Waals surface area contributed by atoms with Crippen LogP contribution in [0, 0.1) is 19.8 Å². The first-order valence-corrected chi connectivity index (χ1v) is 8.56. The van der Waals surface area contributed by atoms with Gasteiger partial charge in [-0.1, -0.05) is 6.92 Å². The van der Waals surface area contributed by atoms with Crippen LogP contribution in [0.15, 0.2) is 9.31 Å². The maximum Gasteiger partial charge on any atom is 0.340 e. The zero-order valence-electron chi connectivity index (χ0n) is 12.5. The van der Waals surface area contributed by atoms with Gasteiger partial charge in [0.1, 0.15) is 22.0 Å². The quantitative estimate of drug-likeness (QED) is 0.834. The lowest BCUT2D eigenvalue weighted by molar-refractivity contribution is 0.0691. The van der Waals surface area contributed by atoms with Crippen LogP contribution in [-0.2, 0) is 10.0 Å². The van der Waals surface area contributed by atoms with Crippen molar-refractivity contribution in [2.45, 2.75) is 44.9 Å². The Labute approximate surface area is 124 Å². The maximum atomic E-state index is 12.8. The van der Waals surface area contributed by atoms with E-state index in [-0.39, 0.29) is 22.0 Å². The number of sulfonamides is 1. The Balaban J connectivity index is 2.48. The Hall–Kier alpha value is -1.34. The largest absolute Gasteiger partial charge is 0.478 e. The third kappa shape index (κ3) is 3.13. The summed E-state index contributed by atoms with van der Waals surface area (Å²) in [5.74, 6) is -0.609. The summed E-state index contributed by atoms with van der Waals surface area (Å²) in [7, 11) is -3.85. The van der Waals surface area contributed by atoms with Gasteiger partial charge in [-0.25, -0.2) is 13.2 Å². The van der Waals surface area contributed by atoms with Crippen LogP contribution in [0.1, 0.15) is 48.1 Å². The Bertz CT molecular complexity index is 643. The van der Waals surface area contributed by atoms with Crippen molar-refractivity contribution in [1.82, 2.24) is 4.31 Å². The highest BCUT2D eigenvalue weighted by Crippen LogP contribution is 2.34. The minimum atomic E-state index is -3.85. The van der Waals surface area contributed by atoms with Gasteiger partial charge < -0.3 is 9.52 Å². The van der Waals surface area contributed by atoms with Gasteiger partial charge in [0.25, 0.3) is 0 Å². The second-order valence-electron chi connectivity index (χ2n) is 5.53. The summed E-state index contributed by atoms with van der Waals surface area (Å²) in [6.45, 7) is 5.72. The first-order valence-electron chi connectivity index (χ1n) is 7.12. The summed E-state index contributed by atoms with van der Waals surface area (Å²) in [5, 5.41) is 9.29. The Morgan fingerprint density at radius 1 is 1.33 bits per heavy atom. The predicted molar refractivity (Wildman–Crippen MR) is 76.9 cm³/mol. The number of carboxylic acid groups (broad SMARTS) is 1. The van der Waals surface area contributed by atoms with Crippen LogP contribution < -0.4 is 0 Å². The van der Waals surface area contributed by atoms with E-state index in [0.717, 1.165) is 12.8 Å². The third-order valence-electron chi connectivity index (χ3n) is 3.65. The van der Waals surface area contributed by atoms with E-state index in [2.05, 4.69) is 0 Å². The van der Waals surface area contributed by atoms with Gasteiger partial charge in [-0.15, -0.1) is 0 Å². The van der Waals surface area contributed by atoms with Gasteiger partial charge in [0, 0.05) is 13.1 Å². The molecule has 0 unspecified atom stereocenters. The van der Waals surface area contributed by atoms with Crippen molar-refractivity contribution in [3.8, 4) is 0 Å². The second-order valence-corrected chi connectivity index (χ2v) is 7.40. The van der Waals surface area contributed by atoms with Crippen molar-refractivity contribution in [1.29, 1.82) is 0 Å². The van der Waals surface area contributed by atoms with Crippen LogP contribution in [0.2, 0.25) is 0 Å². The van der Waals surface area contributed by atoms with E-state index in [0.29, 0.717) is 25.4 Å². The van der Waals surface area contributed by atoms with Gasteiger partial charge >= 0.3 is 5.97 Å². The highest BCUT2D eigenvalue weighted by molar-refractivity contribution is 7.89. The second kappa shape index (κ2) is 5.81. The first kappa shape index (κ1) is 16.0. The summed E-state index contributed by atoms with van der Waals surface area (Å²) >= 11 is 0. The monoisotopic (exact) mass is 315 g/mol. The molecule has 0 bridgehead atoms. The molecular formula is C14H21NO5S. The molecule has 0 aromatic carbocycles. The molecule has 1 aliphatic carbocycles. The Kier molecular flexibility index (Phi) is 4.43. The van der Waals surface area contributed by atoms with Gasteiger partial charge in [0.05, 0.1) is 0 Å². The number of hydrogen-bond acceptors (Lipinski definition) is 4. The first-order chi connectivity index (χ1) is 9.78. The molecule has 0 amide bonds. The summed E-state index contributed by atoms with van der Waals surface area (Å²) in [6.07, 6.45) is 2.75. The minimum absolute atomic E-state index is 0.126. The van der Waals surface area contributed by atoms with Gasteiger partial charge in [-0.3, -0.25) is 0 Å². The number of aromatic carboxylic acids is 1. The van der Waals surface area contributed by atoms with E-state index in [4.69, 9.17) is 4.42 Å². The average Bonchev–Trinajstić information content (AvgIpc) is 3.12. The van der Waals surface area contributed by atoms with E-state index in [1.165, 1.54) is 18.2 Å². The molecule has 0 radical (unpaired) electrons. The van der Waals surface area contributed by atoms with Crippen molar-refractivity contribution in [2.75, 3.05) is 13.1 Å². The zero-order valence-corrected chi connectivity index (χ0v) is 13.4. The molecular weight excluding hydrogens is 294 g/mol. The lowest BCUT2D eigenvalue weighted by atomic mass is 10.2. The maximum absolute atomic E-state index is 12.8. The fourth-order valence-electron chi connectivity index (χ4n) is 2.50. The van der Waals surface area contributed by atoms with Crippen LogP contribution in [0.4, 0.5) is 0 Å². The van der Waals surface area contributed by atoms with E-state index >= 15 is 0 Å². The van der Waals surface area contributed by atoms with Crippen molar-refractivity contribution < 1.29 is 22.7 Å². The van der Waals surface area contributed by atoms with E-state index in [1.807, 2.05) is 6.92 Å². The lowest BCUT2D eigenvalue weighted by Crippen LogP contribution is -2.34. The summed E-state index contributed by atoms with van der Waals surface area (Å²) in [5.41, 5.74) is -0.246. The number of rotatable bonds is 7. The predicted octanol–water partition coefficient (Wildman–Crippen LogP) is 2.41. The van der Waals surface area contributed by atoms with E-state index in [1.54, 1.807) is 0 Å². The highest BCUT2D eigenvalue weighted by atomic mass is 32.2. The Morgan fingerprint density at radius 3 is 2.43 bits per heavy atom. The third-order valence-corrected chi connectivity index (χ3v) is 5.67. The van der Waals surface area contributed by atoms with Crippen molar-refractivity contribution in [3.63, 3.8) is 0 Å². The topological polar surface area (TPSA) is 87.8 Å². The lowest BCUT2D eigenvalue weighted by Gasteiger charge is -2.21. The van der Waals surface area contributed by atoms with Gasteiger partial charge in [0.2, 0.25) is 10.0 Å². The SMILES string of the molecule is CCCN(CC1CC1)S(=O)(=O)c1c(C)oc(C)c1C(=O)O. The fraction of sp³-hybridized carbons (Fsp3) is 0.643. The fourth-order valence-corrected chi connectivity index (χ4v) is 4.48. The summed E-state index contributed by atoms with van der Waals surface area (Å²) in [6, 6.07) is 0. The van der Waals surface area contributed by atoms with E-state index < -0.39 is 16.0 Å². The molecule has 1 heterocycles. The van der Waals surface area contributed by atoms with Gasteiger partial charge in [0.15, 0.2) is 0 Å². The molecule has 1 aromatic heterocycles. The number of hydrogen-bond donors (Lipinski definition) is 1. The van der Waals surface area contributed by atoms with Crippen LogP contribution >= 0.6 is 0 Å². The van der Waals surface area contributed by atoms with Gasteiger partial charge in [-0.05, 0) is 39.0 Å². The molecule has 0 aliphatic heterocycles. The molecule has 0 spiro atoms. The molecule has 6 nitrogen and oxygen atoms in total. The number of aryl methyl sites for hydroxylation is 2.